The Balaban J connectivity index is 1.47. The third-order valence-corrected chi connectivity index (χ3v) is 5.04. The van der Waals surface area contributed by atoms with E-state index in [1.165, 1.54) is 27.8 Å². The van der Waals surface area contributed by atoms with Crippen molar-refractivity contribution < 1.29 is 14.0 Å². The zero-order valence-corrected chi connectivity index (χ0v) is 16.1. The smallest absolute Gasteiger partial charge is 0.272 e. The Hall–Kier alpha value is -3.26. The first-order chi connectivity index (χ1) is 14.0. The summed E-state index contributed by atoms with van der Waals surface area (Å²) in [5.41, 5.74) is 1.57. The lowest BCUT2D eigenvalue weighted by atomic mass is 10.1. The lowest BCUT2D eigenvalue weighted by molar-refractivity contribution is 0.0681. The van der Waals surface area contributed by atoms with Crippen molar-refractivity contribution in [1.29, 1.82) is 0 Å². The van der Waals surface area contributed by atoms with Gasteiger partial charge in [-0.25, -0.2) is 4.39 Å². The van der Waals surface area contributed by atoms with Crippen molar-refractivity contribution in [3.05, 3.63) is 82.1 Å². The number of halogens is 2. The standard InChI is InChI=1S/C20H17ClFN5O2/c21-15-4-1-5-16(22)14(15)12-26-7-8-27-18(20(26)29)9-17(25-27)19(28)24-11-13-3-2-6-23-10-13/h1-6,9-10H,7-8,11-12H2,(H,24,28). The second-order valence-corrected chi connectivity index (χ2v) is 7.02. The molecular weight excluding hydrogens is 397 g/mol. The largest absolute Gasteiger partial charge is 0.347 e. The number of hydrogen-bond acceptors (Lipinski definition) is 4. The third-order valence-electron chi connectivity index (χ3n) is 4.69. The van der Waals surface area contributed by atoms with Gasteiger partial charge in [-0.3, -0.25) is 19.3 Å². The van der Waals surface area contributed by atoms with Crippen LogP contribution in [0.2, 0.25) is 5.02 Å². The number of nitrogens with one attached hydrogen (secondary N) is 1. The van der Waals surface area contributed by atoms with Gasteiger partial charge in [0.15, 0.2) is 5.69 Å². The highest BCUT2D eigenvalue weighted by atomic mass is 35.5. The van der Waals surface area contributed by atoms with Crippen molar-refractivity contribution in [1.82, 2.24) is 25.0 Å². The topological polar surface area (TPSA) is 80.1 Å². The summed E-state index contributed by atoms with van der Waals surface area (Å²) in [6, 6.07) is 9.50. The minimum Gasteiger partial charge on any atom is -0.347 e. The summed E-state index contributed by atoms with van der Waals surface area (Å²) in [6.45, 7) is 1.11. The number of amides is 2. The number of hydrogen-bond donors (Lipinski definition) is 1. The van der Waals surface area contributed by atoms with Gasteiger partial charge < -0.3 is 10.2 Å². The van der Waals surface area contributed by atoms with E-state index in [9.17, 15) is 14.0 Å². The van der Waals surface area contributed by atoms with Crippen molar-refractivity contribution in [3.8, 4) is 0 Å². The summed E-state index contributed by atoms with van der Waals surface area (Å²) in [4.78, 5) is 30.7. The Kier molecular flexibility index (Phi) is 5.26. The first kappa shape index (κ1) is 19.1. The molecule has 3 aromatic rings. The molecule has 148 valence electrons. The maximum Gasteiger partial charge on any atom is 0.272 e. The molecule has 0 atom stereocenters. The van der Waals surface area contributed by atoms with Crippen LogP contribution in [0, 0.1) is 5.82 Å². The molecule has 0 spiro atoms. The monoisotopic (exact) mass is 413 g/mol. The minimum atomic E-state index is -0.458. The number of benzene rings is 1. The molecule has 1 aromatic carbocycles. The van der Waals surface area contributed by atoms with Crippen molar-refractivity contribution in [2.45, 2.75) is 19.6 Å². The molecule has 9 heteroatoms. The summed E-state index contributed by atoms with van der Waals surface area (Å²) in [6.07, 6.45) is 3.31. The predicted octanol–water partition coefficient (Wildman–Crippen LogP) is 2.66. The van der Waals surface area contributed by atoms with E-state index >= 15 is 0 Å². The highest BCUT2D eigenvalue weighted by molar-refractivity contribution is 6.31. The zero-order chi connectivity index (χ0) is 20.4. The normalized spacial score (nSPS) is 13.3. The van der Waals surface area contributed by atoms with Crippen molar-refractivity contribution in [2.75, 3.05) is 6.54 Å². The molecule has 7 nitrogen and oxygen atoms in total. The van der Waals surface area contributed by atoms with Crippen molar-refractivity contribution >= 4 is 23.4 Å². The first-order valence-electron chi connectivity index (χ1n) is 9.00. The molecule has 1 aliphatic heterocycles. The Morgan fingerprint density at radius 3 is 2.86 bits per heavy atom. The fourth-order valence-corrected chi connectivity index (χ4v) is 3.37. The molecular formula is C20H17ClFN5O2. The van der Waals surface area contributed by atoms with Gasteiger partial charge >= 0.3 is 0 Å². The summed E-state index contributed by atoms with van der Waals surface area (Å²) < 4.78 is 15.6. The van der Waals surface area contributed by atoms with Gasteiger partial charge in [0, 0.05) is 42.1 Å². The summed E-state index contributed by atoms with van der Waals surface area (Å²) in [5.74, 6) is -1.17. The van der Waals surface area contributed by atoms with Crippen LogP contribution in [0.25, 0.3) is 0 Å². The molecule has 3 heterocycles. The van der Waals surface area contributed by atoms with E-state index in [1.54, 1.807) is 24.5 Å². The van der Waals surface area contributed by atoms with Crippen LogP contribution in [0.1, 0.15) is 32.1 Å². The van der Waals surface area contributed by atoms with E-state index in [4.69, 9.17) is 11.6 Å². The summed E-state index contributed by atoms with van der Waals surface area (Å²) in [5, 5.41) is 7.26. The molecule has 0 unspecified atom stereocenters. The molecule has 0 fully saturated rings. The van der Waals surface area contributed by atoms with E-state index in [2.05, 4.69) is 15.4 Å². The lowest BCUT2D eigenvalue weighted by Gasteiger charge is -2.27. The molecule has 1 aliphatic rings. The SMILES string of the molecule is O=C(NCc1cccnc1)c1cc2n(n1)CCN(Cc1c(F)cccc1Cl)C2=O. The average molecular weight is 414 g/mol. The van der Waals surface area contributed by atoms with Gasteiger partial charge in [-0.15, -0.1) is 0 Å². The maximum atomic E-state index is 14.1. The number of carbonyl (C=O) groups excluding carboxylic acids is 2. The molecule has 2 amide bonds. The second kappa shape index (κ2) is 8.00. The number of fused-ring (bicyclic) bond motifs is 1. The van der Waals surface area contributed by atoms with Crippen LogP contribution in [0.4, 0.5) is 4.39 Å². The van der Waals surface area contributed by atoms with E-state index in [-0.39, 0.29) is 40.3 Å². The quantitative estimate of drug-likeness (QED) is 0.697. The Morgan fingerprint density at radius 1 is 1.24 bits per heavy atom. The molecule has 0 saturated heterocycles. The molecule has 29 heavy (non-hydrogen) atoms. The number of aromatic nitrogens is 3. The van der Waals surface area contributed by atoms with Crippen LogP contribution in [0.3, 0.4) is 0 Å². The number of carbonyl (C=O) groups is 2. The van der Waals surface area contributed by atoms with E-state index in [0.29, 0.717) is 19.6 Å². The fraction of sp³-hybridized carbons (Fsp3) is 0.200. The molecule has 0 saturated carbocycles. The lowest BCUT2D eigenvalue weighted by Crippen LogP contribution is -2.40. The maximum absolute atomic E-state index is 14.1. The van der Waals surface area contributed by atoms with Gasteiger partial charge in [-0.05, 0) is 23.8 Å². The van der Waals surface area contributed by atoms with Gasteiger partial charge in [-0.2, -0.15) is 5.10 Å². The summed E-state index contributed by atoms with van der Waals surface area (Å²) >= 11 is 6.07. The number of rotatable bonds is 5. The highest BCUT2D eigenvalue weighted by Crippen LogP contribution is 2.23. The first-order valence-corrected chi connectivity index (χ1v) is 9.38. The molecule has 4 rings (SSSR count). The third kappa shape index (κ3) is 3.97. The van der Waals surface area contributed by atoms with E-state index in [0.717, 1.165) is 5.56 Å². The fourth-order valence-electron chi connectivity index (χ4n) is 3.15. The van der Waals surface area contributed by atoms with Crippen LogP contribution in [-0.4, -0.2) is 38.0 Å². The van der Waals surface area contributed by atoms with Gasteiger partial charge in [0.05, 0.1) is 13.1 Å². The summed E-state index contributed by atoms with van der Waals surface area (Å²) in [7, 11) is 0. The molecule has 0 aliphatic carbocycles. The van der Waals surface area contributed by atoms with Gasteiger partial charge in [-0.1, -0.05) is 23.7 Å². The highest BCUT2D eigenvalue weighted by Gasteiger charge is 2.29. The van der Waals surface area contributed by atoms with Crippen LogP contribution in [0.15, 0.2) is 48.8 Å². The Morgan fingerprint density at radius 2 is 2.10 bits per heavy atom. The zero-order valence-electron chi connectivity index (χ0n) is 15.3. The van der Waals surface area contributed by atoms with Gasteiger partial charge in [0.2, 0.25) is 0 Å². The van der Waals surface area contributed by atoms with Crippen LogP contribution in [-0.2, 0) is 19.6 Å². The minimum absolute atomic E-state index is 0.0536. The molecule has 2 aromatic heterocycles. The average Bonchev–Trinajstić information content (AvgIpc) is 3.17. The van der Waals surface area contributed by atoms with Crippen LogP contribution in [0.5, 0.6) is 0 Å². The Labute approximate surface area is 171 Å². The molecule has 1 N–H and O–H groups in total. The van der Waals surface area contributed by atoms with Crippen LogP contribution >= 0.6 is 11.6 Å². The van der Waals surface area contributed by atoms with E-state index < -0.39 is 5.82 Å². The molecule has 0 radical (unpaired) electrons. The van der Waals surface area contributed by atoms with Gasteiger partial charge in [0.25, 0.3) is 11.8 Å². The Bertz CT molecular complexity index is 1050. The van der Waals surface area contributed by atoms with Crippen LogP contribution < -0.4 is 5.32 Å². The predicted molar refractivity (Wildman–Crippen MR) is 104 cm³/mol. The molecule has 0 bridgehead atoms. The van der Waals surface area contributed by atoms with E-state index in [1.807, 2.05) is 6.07 Å². The second-order valence-electron chi connectivity index (χ2n) is 6.61. The van der Waals surface area contributed by atoms with Crippen molar-refractivity contribution in [3.63, 3.8) is 0 Å². The van der Waals surface area contributed by atoms with Crippen molar-refractivity contribution in [2.24, 2.45) is 0 Å². The number of pyridine rings is 1. The van der Waals surface area contributed by atoms with Gasteiger partial charge in [0.1, 0.15) is 11.5 Å². The number of nitrogens with zero attached hydrogens (tertiary/aromatic N) is 4.